The summed E-state index contributed by atoms with van der Waals surface area (Å²) in [5.41, 5.74) is 2.02. The van der Waals surface area contributed by atoms with Gasteiger partial charge in [-0.2, -0.15) is 14.5 Å². The number of sulfone groups is 1. The van der Waals surface area contributed by atoms with E-state index in [0.29, 0.717) is 24.2 Å². The highest BCUT2D eigenvalue weighted by Gasteiger charge is 2.32. The molecule has 188 valence electrons. The Morgan fingerprint density at radius 2 is 1.31 bits per heavy atom. The molecule has 0 saturated carbocycles. The van der Waals surface area contributed by atoms with Gasteiger partial charge in [0.1, 0.15) is 0 Å². The van der Waals surface area contributed by atoms with E-state index in [0.717, 1.165) is 11.9 Å². The lowest BCUT2D eigenvalue weighted by atomic mass is 9.97. The quantitative estimate of drug-likeness (QED) is 0.452. The van der Waals surface area contributed by atoms with Crippen molar-refractivity contribution in [1.82, 2.24) is 4.31 Å². The highest BCUT2D eigenvalue weighted by Crippen LogP contribution is 2.26. The van der Waals surface area contributed by atoms with Crippen LogP contribution in [0.15, 0.2) is 98.9 Å². The van der Waals surface area contributed by atoms with Gasteiger partial charge in [0.25, 0.3) is 0 Å². The van der Waals surface area contributed by atoms with Crippen molar-refractivity contribution in [2.45, 2.75) is 22.6 Å². The fourth-order valence-corrected chi connectivity index (χ4v) is 5.93. The average Bonchev–Trinajstić information content (AvgIpc) is 2.88. The van der Waals surface area contributed by atoms with E-state index in [4.69, 9.17) is 0 Å². The number of nitrogens with zero attached hydrogens (tertiary/aromatic N) is 3. The summed E-state index contributed by atoms with van der Waals surface area (Å²) in [6.45, 7) is 0.403. The maximum Gasteiger partial charge on any atom is 0.243 e. The molecule has 1 aliphatic heterocycles. The molecule has 11 heteroatoms. The van der Waals surface area contributed by atoms with Crippen molar-refractivity contribution in [2.75, 3.05) is 24.7 Å². The zero-order chi connectivity index (χ0) is 25.8. The second-order valence-electron chi connectivity index (χ2n) is 8.49. The van der Waals surface area contributed by atoms with Gasteiger partial charge in [-0.05, 0) is 73.5 Å². The second-order valence-corrected chi connectivity index (χ2v) is 12.4. The van der Waals surface area contributed by atoms with E-state index >= 15 is 0 Å². The molecule has 1 aliphatic rings. The van der Waals surface area contributed by atoms with Crippen LogP contribution in [0.5, 0.6) is 0 Å². The molecule has 0 spiro atoms. The van der Waals surface area contributed by atoms with Crippen molar-refractivity contribution >= 4 is 42.8 Å². The number of anilines is 1. The van der Waals surface area contributed by atoms with Gasteiger partial charge in [-0.1, -0.05) is 18.2 Å². The molecule has 4 rings (SSSR count). The number of benzene rings is 3. The van der Waals surface area contributed by atoms with Gasteiger partial charge in [-0.15, -0.1) is 0 Å². The molecule has 36 heavy (non-hydrogen) atoms. The second kappa shape index (κ2) is 10.7. The first-order valence-electron chi connectivity index (χ1n) is 11.3. The Hall–Kier alpha value is -3.41. The summed E-state index contributed by atoms with van der Waals surface area (Å²) < 4.78 is 50.5. The van der Waals surface area contributed by atoms with Crippen LogP contribution < -0.4 is 5.32 Å². The summed E-state index contributed by atoms with van der Waals surface area (Å²) in [4.78, 5) is 12.8. The zero-order valence-corrected chi connectivity index (χ0v) is 21.2. The summed E-state index contributed by atoms with van der Waals surface area (Å²) in [6, 6.07) is 21.5. The van der Waals surface area contributed by atoms with Crippen molar-refractivity contribution in [3.05, 3.63) is 78.9 Å². The summed E-state index contributed by atoms with van der Waals surface area (Å²) in [5.74, 6) is -0.482. The van der Waals surface area contributed by atoms with Gasteiger partial charge in [-0.3, -0.25) is 4.79 Å². The predicted molar refractivity (Wildman–Crippen MR) is 137 cm³/mol. The molecular weight excluding hydrogens is 500 g/mol. The fraction of sp³-hybridized carbons (Fsp3) is 0.240. The van der Waals surface area contributed by atoms with Gasteiger partial charge in [0.05, 0.1) is 21.2 Å². The van der Waals surface area contributed by atoms with Crippen LogP contribution in [0.1, 0.15) is 12.8 Å². The molecule has 0 radical (unpaired) electrons. The Morgan fingerprint density at radius 1 is 0.778 bits per heavy atom. The van der Waals surface area contributed by atoms with Crippen molar-refractivity contribution in [1.29, 1.82) is 0 Å². The van der Waals surface area contributed by atoms with E-state index in [2.05, 4.69) is 15.5 Å². The zero-order valence-electron chi connectivity index (χ0n) is 19.6. The first kappa shape index (κ1) is 25.7. The monoisotopic (exact) mass is 526 g/mol. The Kier molecular flexibility index (Phi) is 7.62. The van der Waals surface area contributed by atoms with Crippen LogP contribution in [0.25, 0.3) is 0 Å². The average molecular weight is 527 g/mol. The summed E-state index contributed by atoms with van der Waals surface area (Å²) >= 11 is 0. The van der Waals surface area contributed by atoms with Crippen molar-refractivity contribution in [2.24, 2.45) is 16.1 Å². The highest BCUT2D eigenvalue weighted by atomic mass is 32.2. The van der Waals surface area contributed by atoms with Crippen LogP contribution >= 0.6 is 0 Å². The smallest absolute Gasteiger partial charge is 0.243 e. The molecule has 1 N–H and O–H groups in total. The summed E-state index contributed by atoms with van der Waals surface area (Å²) in [5, 5.41) is 11.2. The minimum atomic E-state index is -3.78. The minimum absolute atomic E-state index is 0.0299. The Balaban J connectivity index is 1.32. The molecule has 1 saturated heterocycles. The van der Waals surface area contributed by atoms with E-state index in [1.165, 1.54) is 28.6 Å². The van der Waals surface area contributed by atoms with Gasteiger partial charge in [0.15, 0.2) is 9.84 Å². The maximum atomic E-state index is 13.0. The number of carbonyl (C=O) groups excluding carboxylic acids is 1. The molecule has 0 unspecified atom stereocenters. The third-order valence-electron chi connectivity index (χ3n) is 5.89. The SMILES string of the molecule is CS(=O)(=O)c1ccc(S(=O)(=O)N2CCC(C(=O)Nc3ccc(N=Nc4ccccc4)cc3)CC2)cc1. The molecule has 1 heterocycles. The number of hydrogen-bond acceptors (Lipinski definition) is 7. The van der Waals surface area contributed by atoms with Crippen LogP contribution in [-0.2, 0) is 24.7 Å². The van der Waals surface area contributed by atoms with E-state index in [1.807, 2.05) is 30.3 Å². The largest absolute Gasteiger partial charge is 0.326 e. The lowest BCUT2D eigenvalue weighted by Gasteiger charge is -2.30. The molecule has 3 aromatic rings. The molecule has 9 nitrogen and oxygen atoms in total. The molecule has 0 atom stereocenters. The molecule has 0 aromatic heterocycles. The van der Waals surface area contributed by atoms with Gasteiger partial charge in [-0.25, -0.2) is 16.8 Å². The van der Waals surface area contributed by atoms with E-state index in [-0.39, 0.29) is 34.7 Å². The van der Waals surface area contributed by atoms with Crippen LogP contribution in [0, 0.1) is 5.92 Å². The normalized spacial score (nSPS) is 15.7. The van der Waals surface area contributed by atoms with Gasteiger partial charge in [0, 0.05) is 31.0 Å². The van der Waals surface area contributed by atoms with Crippen molar-refractivity contribution in [3.8, 4) is 0 Å². The number of azo groups is 1. The van der Waals surface area contributed by atoms with Crippen molar-refractivity contribution < 1.29 is 21.6 Å². The van der Waals surface area contributed by atoms with Gasteiger partial charge >= 0.3 is 0 Å². The lowest BCUT2D eigenvalue weighted by Crippen LogP contribution is -2.41. The lowest BCUT2D eigenvalue weighted by molar-refractivity contribution is -0.120. The van der Waals surface area contributed by atoms with Crippen LogP contribution in [-0.4, -0.2) is 46.4 Å². The number of hydrogen-bond donors (Lipinski definition) is 1. The molecule has 1 fully saturated rings. The number of sulfonamides is 1. The van der Waals surface area contributed by atoms with Gasteiger partial charge in [0.2, 0.25) is 15.9 Å². The van der Waals surface area contributed by atoms with Crippen LogP contribution in [0.2, 0.25) is 0 Å². The maximum absolute atomic E-state index is 13.0. The van der Waals surface area contributed by atoms with Crippen LogP contribution in [0.3, 0.4) is 0 Å². The van der Waals surface area contributed by atoms with Crippen LogP contribution in [0.4, 0.5) is 17.1 Å². The Labute approximate surface area is 210 Å². The van der Waals surface area contributed by atoms with E-state index in [9.17, 15) is 21.6 Å². The first-order valence-corrected chi connectivity index (χ1v) is 14.6. The predicted octanol–water partition coefficient (Wildman–Crippen LogP) is 4.54. The minimum Gasteiger partial charge on any atom is -0.326 e. The Bertz CT molecular complexity index is 1450. The first-order chi connectivity index (χ1) is 17.1. The number of amides is 1. The molecule has 0 aliphatic carbocycles. The number of nitrogens with one attached hydrogen (secondary N) is 1. The number of carbonyl (C=O) groups is 1. The topological polar surface area (TPSA) is 125 Å². The molecule has 1 amide bonds. The molecule has 3 aromatic carbocycles. The number of rotatable bonds is 7. The highest BCUT2D eigenvalue weighted by molar-refractivity contribution is 7.90. The molecular formula is C25H26N4O5S2. The Morgan fingerprint density at radius 3 is 1.86 bits per heavy atom. The third kappa shape index (κ3) is 6.23. The summed E-state index contributed by atoms with van der Waals surface area (Å²) in [6.07, 6.45) is 1.84. The molecule has 0 bridgehead atoms. The fourth-order valence-electron chi connectivity index (χ4n) is 3.83. The standard InChI is InChI=1S/C25H26N4O5S2/c1-35(31,32)23-11-13-24(14-12-23)36(33,34)29-17-15-19(16-18-29)25(30)26-20-7-9-22(10-8-20)28-27-21-5-3-2-4-6-21/h2-14,19H,15-18H2,1H3,(H,26,30). The van der Waals surface area contributed by atoms with E-state index in [1.54, 1.807) is 24.3 Å². The third-order valence-corrected chi connectivity index (χ3v) is 8.93. The van der Waals surface area contributed by atoms with Gasteiger partial charge < -0.3 is 5.32 Å². The van der Waals surface area contributed by atoms with Crippen molar-refractivity contribution in [3.63, 3.8) is 0 Å². The van der Waals surface area contributed by atoms with E-state index < -0.39 is 19.9 Å². The number of piperidine rings is 1. The summed E-state index contributed by atoms with van der Waals surface area (Å²) in [7, 11) is -7.19.